The standard InChI is InChI=1S/C26H27FN2O3S/c1-19-14-22(21-10-6-3-7-11-21)15-24(26(19)27)25(30)16-28-33(31,32)23-12-13-29(18-23)17-20-8-4-2-5-9-20/h2-11,14-15,23,28H,12-13,16-18H2,1H3. The average Bonchev–Trinajstić information content (AvgIpc) is 3.30. The van der Waals surface area contributed by atoms with Crippen molar-refractivity contribution in [2.75, 3.05) is 19.6 Å². The van der Waals surface area contributed by atoms with Crippen LogP contribution in [0.2, 0.25) is 0 Å². The lowest BCUT2D eigenvalue weighted by Gasteiger charge is -2.17. The molecule has 0 aliphatic carbocycles. The minimum atomic E-state index is -3.71. The van der Waals surface area contributed by atoms with E-state index in [2.05, 4.69) is 9.62 Å². The van der Waals surface area contributed by atoms with E-state index < -0.39 is 33.4 Å². The Labute approximate surface area is 194 Å². The predicted molar refractivity (Wildman–Crippen MR) is 128 cm³/mol. The Kier molecular flexibility index (Phi) is 7.02. The van der Waals surface area contributed by atoms with E-state index >= 15 is 0 Å². The average molecular weight is 467 g/mol. The quantitative estimate of drug-likeness (QED) is 0.506. The molecule has 5 nitrogen and oxygen atoms in total. The lowest BCUT2D eigenvalue weighted by atomic mass is 9.98. The number of sulfonamides is 1. The van der Waals surface area contributed by atoms with Gasteiger partial charge in [-0.25, -0.2) is 17.5 Å². The first-order valence-electron chi connectivity index (χ1n) is 11.0. The van der Waals surface area contributed by atoms with Crippen molar-refractivity contribution in [1.29, 1.82) is 0 Å². The summed E-state index contributed by atoms with van der Waals surface area (Å²) < 4.78 is 42.8. The number of carbonyl (C=O) groups excluding carboxylic acids is 1. The molecule has 0 spiro atoms. The van der Waals surface area contributed by atoms with Crippen LogP contribution in [0, 0.1) is 12.7 Å². The van der Waals surface area contributed by atoms with Crippen LogP contribution >= 0.6 is 0 Å². The highest BCUT2D eigenvalue weighted by molar-refractivity contribution is 7.90. The van der Waals surface area contributed by atoms with Crippen molar-refractivity contribution in [3.05, 3.63) is 95.3 Å². The molecule has 1 aliphatic heterocycles. The highest BCUT2D eigenvalue weighted by atomic mass is 32.2. The second kappa shape index (κ2) is 9.95. The summed E-state index contributed by atoms with van der Waals surface area (Å²) in [5.41, 5.74) is 2.94. The minimum Gasteiger partial charge on any atom is -0.298 e. The maximum Gasteiger partial charge on any atom is 0.216 e. The fourth-order valence-electron chi connectivity index (χ4n) is 4.18. The Morgan fingerprint density at radius 1 is 1.03 bits per heavy atom. The zero-order chi connectivity index (χ0) is 23.4. The van der Waals surface area contributed by atoms with Gasteiger partial charge >= 0.3 is 0 Å². The van der Waals surface area contributed by atoms with Crippen molar-refractivity contribution in [3.63, 3.8) is 0 Å². The molecule has 1 fully saturated rings. The summed E-state index contributed by atoms with van der Waals surface area (Å²) in [5.74, 6) is -1.20. The third-order valence-electron chi connectivity index (χ3n) is 6.01. The molecule has 0 aromatic heterocycles. The van der Waals surface area contributed by atoms with E-state index in [0.29, 0.717) is 37.2 Å². The SMILES string of the molecule is Cc1cc(-c2ccccc2)cc(C(=O)CNS(=O)(=O)C2CCN(Cc3ccccc3)C2)c1F. The van der Waals surface area contributed by atoms with Crippen molar-refractivity contribution in [2.24, 2.45) is 0 Å². The molecule has 33 heavy (non-hydrogen) atoms. The van der Waals surface area contributed by atoms with Gasteiger partial charge in [-0.3, -0.25) is 9.69 Å². The van der Waals surface area contributed by atoms with Crippen molar-refractivity contribution in [3.8, 4) is 11.1 Å². The van der Waals surface area contributed by atoms with Gasteiger partial charge in [-0.1, -0.05) is 60.7 Å². The topological polar surface area (TPSA) is 66.5 Å². The molecular formula is C26H27FN2O3S. The lowest BCUT2D eigenvalue weighted by Crippen LogP contribution is -2.39. The fourth-order valence-corrected chi connectivity index (χ4v) is 5.58. The Morgan fingerprint density at radius 3 is 2.39 bits per heavy atom. The second-order valence-corrected chi connectivity index (χ2v) is 10.5. The number of Topliss-reactive ketones (excluding diaryl/α,β-unsaturated/α-hetero) is 1. The summed E-state index contributed by atoms with van der Waals surface area (Å²) in [4.78, 5) is 14.9. The number of halogens is 1. The molecule has 1 unspecified atom stereocenters. The number of hydrogen-bond donors (Lipinski definition) is 1. The monoisotopic (exact) mass is 466 g/mol. The van der Waals surface area contributed by atoms with Crippen LogP contribution in [-0.4, -0.2) is 44.0 Å². The Morgan fingerprint density at radius 2 is 1.70 bits per heavy atom. The van der Waals surface area contributed by atoms with Gasteiger partial charge in [0, 0.05) is 13.1 Å². The summed E-state index contributed by atoms with van der Waals surface area (Å²) >= 11 is 0. The molecule has 3 aromatic rings. The van der Waals surface area contributed by atoms with Crippen LogP contribution in [0.1, 0.15) is 27.9 Å². The first kappa shape index (κ1) is 23.3. The van der Waals surface area contributed by atoms with Crippen molar-refractivity contribution in [2.45, 2.75) is 25.1 Å². The number of nitrogens with one attached hydrogen (secondary N) is 1. The number of benzene rings is 3. The molecule has 0 radical (unpaired) electrons. The smallest absolute Gasteiger partial charge is 0.216 e. The van der Waals surface area contributed by atoms with Gasteiger partial charge in [0.25, 0.3) is 0 Å². The second-order valence-electron chi connectivity index (χ2n) is 8.44. The minimum absolute atomic E-state index is 0.103. The number of aryl methyl sites for hydroxylation is 1. The van der Waals surface area contributed by atoms with Gasteiger partial charge in [0.1, 0.15) is 5.82 Å². The molecule has 172 valence electrons. The molecule has 4 rings (SSSR count). The number of ketones is 1. The van der Waals surface area contributed by atoms with E-state index in [1.165, 1.54) is 6.07 Å². The predicted octanol–water partition coefficient (Wildman–Crippen LogP) is 4.18. The number of carbonyl (C=O) groups is 1. The summed E-state index contributed by atoms with van der Waals surface area (Å²) in [6.07, 6.45) is 0.493. The van der Waals surface area contributed by atoms with Gasteiger partial charge in [0.2, 0.25) is 10.0 Å². The van der Waals surface area contributed by atoms with Gasteiger partial charge in [0.15, 0.2) is 5.78 Å². The Bertz CT molecular complexity index is 1230. The molecule has 1 atom stereocenters. The van der Waals surface area contributed by atoms with Crippen molar-refractivity contribution >= 4 is 15.8 Å². The molecule has 3 aromatic carbocycles. The molecule has 1 saturated heterocycles. The van der Waals surface area contributed by atoms with Crippen LogP contribution in [0.25, 0.3) is 11.1 Å². The van der Waals surface area contributed by atoms with Gasteiger partial charge < -0.3 is 0 Å². The van der Waals surface area contributed by atoms with Crippen LogP contribution in [-0.2, 0) is 16.6 Å². The van der Waals surface area contributed by atoms with Crippen LogP contribution < -0.4 is 4.72 Å². The van der Waals surface area contributed by atoms with E-state index in [0.717, 1.165) is 11.1 Å². The Hall–Kier alpha value is -2.87. The maximum atomic E-state index is 14.7. The fraction of sp³-hybridized carbons (Fsp3) is 0.269. The summed E-state index contributed by atoms with van der Waals surface area (Å²) in [6, 6.07) is 22.4. The molecular weight excluding hydrogens is 439 g/mol. The first-order chi connectivity index (χ1) is 15.8. The van der Waals surface area contributed by atoms with Gasteiger partial charge in [-0.15, -0.1) is 0 Å². The molecule has 7 heteroatoms. The highest BCUT2D eigenvalue weighted by Crippen LogP contribution is 2.25. The van der Waals surface area contributed by atoms with Crippen LogP contribution in [0.3, 0.4) is 0 Å². The summed E-state index contributed by atoms with van der Waals surface area (Å²) in [6.45, 7) is 2.88. The number of rotatable bonds is 8. The van der Waals surface area contributed by atoms with E-state index in [4.69, 9.17) is 0 Å². The molecule has 0 amide bonds. The van der Waals surface area contributed by atoms with Gasteiger partial charge in [0.05, 0.1) is 17.4 Å². The lowest BCUT2D eigenvalue weighted by molar-refractivity contribution is 0.0993. The van der Waals surface area contributed by atoms with Crippen molar-refractivity contribution in [1.82, 2.24) is 9.62 Å². The molecule has 1 aliphatic rings. The first-order valence-corrected chi connectivity index (χ1v) is 12.5. The zero-order valence-electron chi connectivity index (χ0n) is 18.5. The highest BCUT2D eigenvalue weighted by Gasteiger charge is 2.33. The van der Waals surface area contributed by atoms with Crippen LogP contribution in [0.15, 0.2) is 72.8 Å². The molecule has 1 N–H and O–H groups in total. The van der Waals surface area contributed by atoms with E-state index in [9.17, 15) is 17.6 Å². The van der Waals surface area contributed by atoms with Crippen LogP contribution in [0.5, 0.6) is 0 Å². The summed E-state index contributed by atoms with van der Waals surface area (Å²) in [5, 5.41) is -0.601. The number of hydrogen-bond acceptors (Lipinski definition) is 4. The summed E-state index contributed by atoms with van der Waals surface area (Å²) in [7, 11) is -3.71. The van der Waals surface area contributed by atoms with Crippen LogP contribution in [0.4, 0.5) is 4.39 Å². The normalized spacial score (nSPS) is 16.7. The third kappa shape index (κ3) is 5.55. The van der Waals surface area contributed by atoms with E-state index in [1.54, 1.807) is 13.0 Å². The number of nitrogens with zero attached hydrogens (tertiary/aromatic N) is 1. The van der Waals surface area contributed by atoms with E-state index in [-0.39, 0.29) is 5.56 Å². The number of likely N-dealkylation sites (tertiary alicyclic amines) is 1. The van der Waals surface area contributed by atoms with Crippen molar-refractivity contribution < 1.29 is 17.6 Å². The molecule has 0 bridgehead atoms. The molecule has 0 saturated carbocycles. The zero-order valence-corrected chi connectivity index (χ0v) is 19.3. The van der Waals surface area contributed by atoms with E-state index in [1.807, 2.05) is 60.7 Å². The molecule has 1 heterocycles. The van der Waals surface area contributed by atoms with Gasteiger partial charge in [-0.2, -0.15) is 0 Å². The maximum absolute atomic E-state index is 14.7. The third-order valence-corrected chi connectivity index (χ3v) is 7.82. The largest absolute Gasteiger partial charge is 0.298 e. The Balaban J connectivity index is 1.41. The van der Waals surface area contributed by atoms with Gasteiger partial charge in [-0.05, 0) is 54.3 Å².